The maximum Gasteiger partial charge on any atom is 0.137 e. The summed E-state index contributed by atoms with van der Waals surface area (Å²) in [5.74, 6) is 1.05. The van der Waals surface area contributed by atoms with Crippen molar-refractivity contribution >= 4 is 17.4 Å². The summed E-state index contributed by atoms with van der Waals surface area (Å²) in [6.45, 7) is 6.67. The van der Waals surface area contributed by atoms with Crippen LogP contribution in [-0.2, 0) is 6.42 Å². The summed E-state index contributed by atoms with van der Waals surface area (Å²) in [5.41, 5.74) is 1.09. The SMILES string of the molecule is CCc1c(Cl)ncnc1N1CCN2CCCCC2C1. The average Bonchev–Trinajstić information content (AvgIpc) is 2.46. The molecular formula is C14H21ClN4. The number of rotatable bonds is 2. The fourth-order valence-corrected chi connectivity index (χ4v) is 3.57. The van der Waals surface area contributed by atoms with Crippen LogP contribution in [0.1, 0.15) is 31.7 Å². The topological polar surface area (TPSA) is 32.3 Å². The number of hydrogen-bond acceptors (Lipinski definition) is 4. The Balaban J connectivity index is 1.81. The molecule has 2 saturated heterocycles. The van der Waals surface area contributed by atoms with Crippen molar-refractivity contribution in [3.05, 3.63) is 17.0 Å². The first kappa shape index (κ1) is 13.1. The van der Waals surface area contributed by atoms with Gasteiger partial charge >= 0.3 is 0 Å². The minimum atomic E-state index is 0.610. The number of nitrogens with zero attached hydrogens (tertiary/aromatic N) is 4. The third kappa shape index (κ3) is 2.56. The van der Waals surface area contributed by atoms with E-state index in [0.717, 1.165) is 37.4 Å². The predicted octanol–water partition coefficient (Wildman–Crippen LogP) is 2.37. The van der Waals surface area contributed by atoms with Crippen LogP contribution in [-0.4, -0.2) is 47.1 Å². The molecule has 104 valence electrons. The number of halogens is 1. The third-order valence-corrected chi connectivity index (χ3v) is 4.69. The molecule has 0 radical (unpaired) electrons. The minimum Gasteiger partial charge on any atom is -0.353 e. The largest absolute Gasteiger partial charge is 0.353 e. The normalized spacial score (nSPS) is 24.3. The van der Waals surface area contributed by atoms with E-state index < -0.39 is 0 Å². The van der Waals surface area contributed by atoms with Crippen LogP contribution in [0.5, 0.6) is 0 Å². The molecule has 0 amide bonds. The Bertz CT molecular complexity index is 451. The standard InChI is InChI=1S/C14H21ClN4/c1-2-12-13(15)16-10-17-14(12)19-8-7-18-6-4-3-5-11(18)9-19/h10-11H,2-9H2,1H3. The zero-order valence-corrected chi connectivity index (χ0v) is 12.2. The van der Waals surface area contributed by atoms with Crippen LogP contribution >= 0.6 is 11.6 Å². The van der Waals surface area contributed by atoms with Crippen molar-refractivity contribution < 1.29 is 0 Å². The van der Waals surface area contributed by atoms with E-state index >= 15 is 0 Å². The molecule has 3 rings (SSSR count). The monoisotopic (exact) mass is 280 g/mol. The lowest BCUT2D eigenvalue weighted by atomic mass is 9.99. The summed E-state index contributed by atoms with van der Waals surface area (Å²) >= 11 is 6.20. The molecule has 0 saturated carbocycles. The lowest BCUT2D eigenvalue weighted by molar-refractivity contribution is 0.133. The van der Waals surface area contributed by atoms with Crippen LogP contribution in [0.4, 0.5) is 5.82 Å². The number of piperidine rings is 1. The van der Waals surface area contributed by atoms with Gasteiger partial charge in [0.05, 0.1) is 0 Å². The van der Waals surface area contributed by atoms with Crippen LogP contribution in [0.2, 0.25) is 5.15 Å². The van der Waals surface area contributed by atoms with Gasteiger partial charge in [-0.25, -0.2) is 9.97 Å². The molecule has 1 unspecified atom stereocenters. The van der Waals surface area contributed by atoms with E-state index in [-0.39, 0.29) is 0 Å². The molecule has 4 nitrogen and oxygen atoms in total. The van der Waals surface area contributed by atoms with E-state index in [1.165, 1.54) is 25.8 Å². The maximum atomic E-state index is 6.20. The van der Waals surface area contributed by atoms with Crippen molar-refractivity contribution in [1.82, 2.24) is 14.9 Å². The number of piperazine rings is 1. The van der Waals surface area contributed by atoms with Gasteiger partial charge in [0.25, 0.3) is 0 Å². The molecule has 19 heavy (non-hydrogen) atoms. The van der Waals surface area contributed by atoms with Crippen LogP contribution in [0, 0.1) is 0 Å². The summed E-state index contributed by atoms with van der Waals surface area (Å²) in [6, 6.07) is 0.695. The van der Waals surface area contributed by atoms with Gasteiger partial charge < -0.3 is 4.90 Å². The van der Waals surface area contributed by atoms with Gasteiger partial charge in [0, 0.05) is 31.2 Å². The second-order valence-corrected chi connectivity index (χ2v) is 5.81. The minimum absolute atomic E-state index is 0.610. The van der Waals surface area contributed by atoms with Gasteiger partial charge in [-0.05, 0) is 25.8 Å². The highest BCUT2D eigenvalue weighted by Crippen LogP contribution is 2.28. The molecule has 1 atom stereocenters. The third-order valence-electron chi connectivity index (χ3n) is 4.36. The zero-order chi connectivity index (χ0) is 13.2. The molecule has 1 aromatic rings. The predicted molar refractivity (Wildman–Crippen MR) is 77.8 cm³/mol. The summed E-state index contributed by atoms with van der Waals surface area (Å²) < 4.78 is 0. The second kappa shape index (κ2) is 5.63. The summed E-state index contributed by atoms with van der Waals surface area (Å²) in [4.78, 5) is 13.6. The van der Waals surface area contributed by atoms with Crippen molar-refractivity contribution in [2.24, 2.45) is 0 Å². The second-order valence-electron chi connectivity index (χ2n) is 5.45. The Labute approximate surface area is 119 Å². The van der Waals surface area contributed by atoms with E-state index in [2.05, 4.69) is 26.7 Å². The quantitative estimate of drug-likeness (QED) is 0.779. The Morgan fingerprint density at radius 1 is 1.26 bits per heavy atom. The van der Waals surface area contributed by atoms with Gasteiger partial charge in [-0.2, -0.15) is 0 Å². The molecule has 3 heterocycles. The van der Waals surface area contributed by atoms with Crippen molar-refractivity contribution in [3.8, 4) is 0 Å². The zero-order valence-electron chi connectivity index (χ0n) is 11.5. The highest BCUT2D eigenvalue weighted by Gasteiger charge is 2.30. The fraction of sp³-hybridized carbons (Fsp3) is 0.714. The highest BCUT2D eigenvalue weighted by molar-refractivity contribution is 6.30. The average molecular weight is 281 g/mol. The van der Waals surface area contributed by atoms with Crippen LogP contribution in [0.25, 0.3) is 0 Å². The molecule has 0 aliphatic carbocycles. The molecule has 2 aliphatic heterocycles. The van der Waals surface area contributed by atoms with Crippen LogP contribution < -0.4 is 4.90 Å². The molecule has 1 aromatic heterocycles. The molecule has 0 aromatic carbocycles. The molecule has 2 aliphatic rings. The Morgan fingerprint density at radius 3 is 3.00 bits per heavy atom. The first-order valence-corrected chi connectivity index (χ1v) is 7.65. The lowest BCUT2D eigenvalue weighted by Gasteiger charge is -2.44. The Kier molecular flexibility index (Phi) is 3.89. The molecule has 2 fully saturated rings. The Hall–Kier alpha value is -0.870. The molecule has 0 N–H and O–H groups in total. The molecule has 0 spiro atoms. The van der Waals surface area contributed by atoms with Gasteiger partial charge in [0.2, 0.25) is 0 Å². The van der Waals surface area contributed by atoms with Crippen molar-refractivity contribution in [2.45, 2.75) is 38.6 Å². The number of aromatic nitrogens is 2. The van der Waals surface area contributed by atoms with Crippen molar-refractivity contribution in [1.29, 1.82) is 0 Å². The smallest absolute Gasteiger partial charge is 0.137 e. The number of hydrogen-bond donors (Lipinski definition) is 0. The van der Waals surface area contributed by atoms with Gasteiger partial charge in [-0.3, -0.25) is 4.90 Å². The number of fused-ring (bicyclic) bond motifs is 1. The first-order chi connectivity index (χ1) is 9.29. The van der Waals surface area contributed by atoms with Crippen LogP contribution in [0.3, 0.4) is 0 Å². The molecule has 5 heteroatoms. The van der Waals surface area contributed by atoms with Gasteiger partial charge in [-0.1, -0.05) is 24.9 Å². The maximum absolute atomic E-state index is 6.20. The fourth-order valence-electron chi connectivity index (χ4n) is 3.31. The summed E-state index contributed by atoms with van der Waals surface area (Å²) in [7, 11) is 0. The Morgan fingerprint density at radius 2 is 2.16 bits per heavy atom. The van der Waals surface area contributed by atoms with Crippen molar-refractivity contribution in [3.63, 3.8) is 0 Å². The van der Waals surface area contributed by atoms with Gasteiger partial charge in [0.15, 0.2) is 0 Å². The molecule has 0 bridgehead atoms. The van der Waals surface area contributed by atoms with E-state index in [9.17, 15) is 0 Å². The van der Waals surface area contributed by atoms with E-state index in [1.807, 2.05) is 0 Å². The van der Waals surface area contributed by atoms with E-state index in [1.54, 1.807) is 6.33 Å². The van der Waals surface area contributed by atoms with E-state index in [0.29, 0.717) is 11.2 Å². The van der Waals surface area contributed by atoms with Crippen molar-refractivity contribution in [2.75, 3.05) is 31.1 Å². The van der Waals surface area contributed by atoms with Gasteiger partial charge in [-0.15, -0.1) is 0 Å². The van der Waals surface area contributed by atoms with E-state index in [4.69, 9.17) is 11.6 Å². The first-order valence-electron chi connectivity index (χ1n) is 7.28. The number of anilines is 1. The highest BCUT2D eigenvalue weighted by atomic mass is 35.5. The summed E-state index contributed by atoms with van der Waals surface area (Å²) in [6.07, 6.45) is 6.51. The lowest BCUT2D eigenvalue weighted by Crippen LogP contribution is -2.55. The van der Waals surface area contributed by atoms with Crippen LogP contribution in [0.15, 0.2) is 6.33 Å². The molecular weight excluding hydrogens is 260 g/mol. The van der Waals surface area contributed by atoms with Gasteiger partial charge in [0.1, 0.15) is 17.3 Å². The summed E-state index contributed by atoms with van der Waals surface area (Å²) in [5, 5.41) is 0.610.